The summed E-state index contributed by atoms with van der Waals surface area (Å²) in [7, 11) is 0.861. The van der Waals surface area contributed by atoms with E-state index in [4.69, 9.17) is 5.26 Å². The first-order valence-corrected chi connectivity index (χ1v) is 4.90. The molecule has 0 heterocycles. The van der Waals surface area contributed by atoms with Crippen LogP contribution in [0.3, 0.4) is 0 Å². The fourth-order valence-electron chi connectivity index (χ4n) is 1.35. The Labute approximate surface area is 109 Å². The van der Waals surface area contributed by atoms with Gasteiger partial charge in [0, 0.05) is 5.56 Å². The SMILES string of the molecule is COC(=O)c1cc(C(F)F)c(C#N)cc1OC(F)(F)F. The number of nitriles is 1. The molecular weight excluding hydrogens is 289 g/mol. The average molecular weight is 295 g/mol. The number of ether oxygens (including phenoxy) is 2. The van der Waals surface area contributed by atoms with Crippen molar-refractivity contribution in [2.24, 2.45) is 0 Å². The molecule has 9 heteroatoms. The van der Waals surface area contributed by atoms with Gasteiger partial charge in [0.15, 0.2) is 0 Å². The molecule has 0 saturated carbocycles. The second-order valence-electron chi connectivity index (χ2n) is 3.39. The fraction of sp³-hybridized carbons (Fsp3) is 0.273. The number of rotatable bonds is 3. The quantitative estimate of drug-likeness (QED) is 0.634. The van der Waals surface area contributed by atoms with Crippen LogP contribution < -0.4 is 4.74 Å². The van der Waals surface area contributed by atoms with Crippen LogP contribution in [-0.2, 0) is 4.74 Å². The van der Waals surface area contributed by atoms with Crippen LogP contribution >= 0.6 is 0 Å². The maximum Gasteiger partial charge on any atom is 0.573 e. The van der Waals surface area contributed by atoms with Gasteiger partial charge < -0.3 is 9.47 Å². The molecule has 108 valence electrons. The molecule has 0 fully saturated rings. The van der Waals surface area contributed by atoms with Crippen LogP contribution in [0.4, 0.5) is 22.0 Å². The number of methoxy groups -OCH3 is 1. The van der Waals surface area contributed by atoms with Gasteiger partial charge in [-0.15, -0.1) is 13.2 Å². The van der Waals surface area contributed by atoms with E-state index in [0.29, 0.717) is 12.1 Å². The number of esters is 1. The third-order valence-corrected chi connectivity index (χ3v) is 2.14. The molecule has 0 atom stereocenters. The summed E-state index contributed by atoms with van der Waals surface area (Å²) in [4.78, 5) is 11.3. The smallest absolute Gasteiger partial charge is 0.465 e. The van der Waals surface area contributed by atoms with Crippen LogP contribution in [-0.4, -0.2) is 19.4 Å². The second-order valence-corrected chi connectivity index (χ2v) is 3.39. The van der Waals surface area contributed by atoms with Crippen LogP contribution in [0.5, 0.6) is 5.75 Å². The van der Waals surface area contributed by atoms with Gasteiger partial charge in [0.1, 0.15) is 11.3 Å². The molecule has 0 amide bonds. The lowest BCUT2D eigenvalue weighted by molar-refractivity contribution is -0.274. The van der Waals surface area contributed by atoms with Crippen molar-refractivity contribution in [2.75, 3.05) is 7.11 Å². The molecule has 0 radical (unpaired) electrons. The highest BCUT2D eigenvalue weighted by Gasteiger charge is 2.34. The van der Waals surface area contributed by atoms with Gasteiger partial charge in [-0.2, -0.15) is 5.26 Å². The van der Waals surface area contributed by atoms with Gasteiger partial charge in [-0.25, -0.2) is 13.6 Å². The van der Waals surface area contributed by atoms with Gasteiger partial charge in [0.2, 0.25) is 0 Å². The van der Waals surface area contributed by atoms with Crippen molar-refractivity contribution in [3.8, 4) is 11.8 Å². The summed E-state index contributed by atoms with van der Waals surface area (Å²) >= 11 is 0. The zero-order chi connectivity index (χ0) is 15.5. The van der Waals surface area contributed by atoms with Crippen molar-refractivity contribution in [1.82, 2.24) is 0 Å². The maximum absolute atomic E-state index is 12.7. The van der Waals surface area contributed by atoms with E-state index in [0.717, 1.165) is 7.11 Å². The molecule has 0 N–H and O–H groups in total. The first-order valence-electron chi connectivity index (χ1n) is 4.90. The van der Waals surface area contributed by atoms with Crippen LogP contribution in [0.2, 0.25) is 0 Å². The number of carbonyl (C=O) groups excluding carboxylic acids is 1. The van der Waals surface area contributed by atoms with E-state index in [1.807, 2.05) is 0 Å². The Morgan fingerprint density at radius 2 is 1.95 bits per heavy atom. The van der Waals surface area contributed by atoms with Gasteiger partial charge in [-0.05, 0) is 12.1 Å². The van der Waals surface area contributed by atoms with Gasteiger partial charge in [0.25, 0.3) is 6.43 Å². The Morgan fingerprint density at radius 3 is 2.35 bits per heavy atom. The topological polar surface area (TPSA) is 59.3 Å². The minimum atomic E-state index is -5.15. The normalized spacial score (nSPS) is 11.1. The van der Waals surface area contributed by atoms with Gasteiger partial charge in [0.05, 0.1) is 18.7 Å². The Balaban J connectivity index is 3.48. The minimum absolute atomic E-state index is 0.418. The van der Waals surface area contributed by atoms with E-state index in [9.17, 15) is 26.7 Å². The summed E-state index contributed by atoms with van der Waals surface area (Å²) in [6.45, 7) is 0. The van der Waals surface area contributed by atoms with E-state index in [2.05, 4.69) is 9.47 Å². The molecule has 0 aliphatic carbocycles. The molecule has 0 unspecified atom stereocenters. The zero-order valence-corrected chi connectivity index (χ0v) is 9.79. The van der Waals surface area contributed by atoms with E-state index < -0.39 is 41.2 Å². The number of hydrogen-bond acceptors (Lipinski definition) is 4. The van der Waals surface area contributed by atoms with Crippen LogP contribution in [0.15, 0.2) is 12.1 Å². The summed E-state index contributed by atoms with van der Waals surface area (Å²) in [5, 5.41) is 8.64. The van der Waals surface area contributed by atoms with Crippen molar-refractivity contribution in [1.29, 1.82) is 5.26 Å². The molecule has 1 rings (SSSR count). The second kappa shape index (κ2) is 5.73. The first kappa shape index (κ1) is 15.7. The first-order chi connectivity index (χ1) is 9.19. The average Bonchev–Trinajstić information content (AvgIpc) is 2.35. The third-order valence-electron chi connectivity index (χ3n) is 2.14. The maximum atomic E-state index is 12.7. The van der Waals surface area contributed by atoms with Gasteiger partial charge in [-0.1, -0.05) is 0 Å². The number of carbonyl (C=O) groups is 1. The van der Waals surface area contributed by atoms with E-state index in [1.165, 1.54) is 6.07 Å². The summed E-state index contributed by atoms with van der Waals surface area (Å²) in [5.74, 6) is -2.37. The van der Waals surface area contributed by atoms with E-state index in [-0.39, 0.29) is 0 Å². The molecule has 0 spiro atoms. The molecular formula is C11H6F5NO3. The molecule has 0 aromatic heterocycles. The predicted octanol–water partition coefficient (Wildman–Crippen LogP) is 3.18. The molecule has 4 nitrogen and oxygen atoms in total. The number of halogens is 5. The van der Waals surface area contributed by atoms with Crippen molar-refractivity contribution in [2.45, 2.75) is 12.8 Å². The Bertz CT molecular complexity index is 562. The monoisotopic (exact) mass is 295 g/mol. The molecule has 0 saturated heterocycles. The van der Waals surface area contributed by atoms with Gasteiger partial charge in [-0.3, -0.25) is 0 Å². The van der Waals surface area contributed by atoms with Gasteiger partial charge >= 0.3 is 12.3 Å². The van der Waals surface area contributed by atoms with Crippen molar-refractivity contribution >= 4 is 5.97 Å². The number of alkyl halides is 5. The highest BCUT2D eigenvalue weighted by Crippen LogP contribution is 2.33. The minimum Gasteiger partial charge on any atom is -0.465 e. The van der Waals surface area contributed by atoms with Crippen molar-refractivity contribution in [3.63, 3.8) is 0 Å². The predicted molar refractivity (Wildman–Crippen MR) is 54.1 cm³/mol. The lowest BCUT2D eigenvalue weighted by atomic mass is 10.0. The largest absolute Gasteiger partial charge is 0.573 e. The molecule has 0 bridgehead atoms. The summed E-state index contributed by atoms with van der Waals surface area (Å²) in [5.41, 5.74) is -2.46. The number of benzene rings is 1. The Hall–Kier alpha value is -2.37. The fourth-order valence-corrected chi connectivity index (χ4v) is 1.35. The standard InChI is InChI=1S/C11H6F5NO3/c1-19-10(18)7-3-6(9(12)13)5(4-17)2-8(7)20-11(14,15)16/h2-3,9H,1H3. The van der Waals surface area contributed by atoms with Crippen LogP contribution in [0, 0.1) is 11.3 Å². The van der Waals surface area contributed by atoms with Crippen molar-refractivity contribution < 1.29 is 36.2 Å². The number of nitrogens with zero attached hydrogens (tertiary/aromatic N) is 1. The lowest BCUT2D eigenvalue weighted by Crippen LogP contribution is -2.20. The summed E-state index contributed by atoms with van der Waals surface area (Å²) in [6, 6.07) is 2.17. The molecule has 1 aromatic carbocycles. The molecule has 20 heavy (non-hydrogen) atoms. The molecule has 0 aliphatic heterocycles. The molecule has 0 aliphatic rings. The molecule has 1 aromatic rings. The zero-order valence-electron chi connectivity index (χ0n) is 9.79. The van der Waals surface area contributed by atoms with Crippen molar-refractivity contribution in [3.05, 3.63) is 28.8 Å². The highest BCUT2D eigenvalue weighted by atomic mass is 19.4. The van der Waals surface area contributed by atoms with Crippen LogP contribution in [0.1, 0.15) is 27.9 Å². The third kappa shape index (κ3) is 3.57. The summed E-state index contributed by atoms with van der Waals surface area (Å²) in [6.07, 6.45) is -8.30. The summed E-state index contributed by atoms with van der Waals surface area (Å²) < 4.78 is 69.6. The Kier molecular flexibility index (Phi) is 4.49. The van der Waals surface area contributed by atoms with E-state index in [1.54, 1.807) is 0 Å². The van der Waals surface area contributed by atoms with Crippen LogP contribution in [0.25, 0.3) is 0 Å². The lowest BCUT2D eigenvalue weighted by Gasteiger charge is -2.14. The highest BCUT2D eigenvalue weighted by molar-refractivity contribution is 5.93. The van der Waals surface area contributed by atoms with E-state index >= 15 is 0 Å². The number of hydrogen-bond donors (Lipinski definition) is 0. The Morgan fingerprint density at radius 1 is 1.35 bits per heavy atom.